The van der Waals surface area contributed by atoms with Gasteiger partial charge in [0.1, 0.15) is 6.17 Å². The smallest absolute Gasteiger partial charge is 0.126 e. The molecule has 0 aromatic heterocycles. The zero-order valence-electron chi connectivity index (χ0n) is 5.92. The van der Waals surface area contributed by atoms with Crippen LogP contribution >= 0.6 is 0 Å². The van der Waals surface area contributed by atoms with Crippen LogP contribution < -0.4 is 0 Å². The molecule has 0 bridgehead atoms. The summed E-state index contributed by atoms with van der Waals surface area (Å²) in [6, 6.07) is 0. The summed E-state index contributed by atoms with van der Waals surface area (Å²) in [5.74, 6) is 0. The van der Waals surface area contributed by atoms with Crippen molar-refractivity contribution >= 4 is 0 Å². The molecule has 1 aliphatic heterocycles. The maximum atomic E-state index is 12.5. The lowest BCUT2D eigenvalue weighted by molar-refractivity contribution is 0.0638. The first-order valence-electron chi connectivity index (χ1n) is 3.69. The van der Waals surface area contributed by atoms with Crippen LogP contribution in [0, 0.1) is 0 Å². The summed E-state index contributed by atoms with van der Waals surface area (Å²) >= 11 is 0. The van der Waals surface area contributed by atoms with E-state index in [0.29, 0.717) is 6.42 Å². The summed E-state index contributed by atoms with van der Waals surface area (Å²) in [6.45, 7) is 0.378. The van der Waals surface area contributed by atoms with Crippen LogP contribution in [0.4, 0.5) is 4.39 Å². The molecule has 2 nitrogen and oxygen atoms in total. The van der Waals surface area contributed by atoms with E-state index in [9.17, 15) is 4.39 Å². The Morgan fingerprint density at radius 3 is 3.00 bits per heavy atom. The average molecular weight is 148 g/mol. The van der Waals surface area contributed by atoms with E-state index in [-0.39, 0.29) is 12.7 Å². The Bertz CT molecular complexity index is 91.6. The third kappa shape index (κ3) is 2.23. The first-order valence-corrected chi connectivity index (χ1v) is 3.69. The van der Waals surface area contributed by atoms with E-state index in [0.717, 1.165) is 19.4 Å². The van der Waals surface area contributed by atoms with Gasteiger partial charge in [-0.15, -0.1) is 0 Å². The van der Waals surface area contributed by atoms with Gasteiger partial charge in [-0.25, -0.2) is 4.39 Å². The fourth-order valence-electron chi connectivity index (χ4n) is 1.19. The lowest BCUT2D eigenvalue weighted by Gasteiger charge is -2.10. The largest absolute Gasteiger partial charge is 0.393 e. The zero-order valence-corrected chi connectivity index (χ0v) is 5.92. The van der Waals surface area contributed by atoms with E-state index in [2.05, 4.69) is 0 Å². The molecule has 0 spiro atoms. The van der Waals surface area contributed by atoms with Gasteiger partial charge in [0, 0.05) is 13.0 Å². The maximum absolute atomic E-state index is 12.5. The van der Waals surface area contributed by atoms with Crippen LogP contribution in [0.15, 0.2) is 0 Å². The van der Waals surface area contributed by atoms with Gasteiger partial charge in [0.15, 0.2) is 0 Å². The maximum Gasteiger partial charge on any atom is 0.126 e. The predicted molar refractivity (Wildman–Crippen MR) is 35.6 cm³/mol. The lowest BCUT2D eigenvalue weighted by atomic mass is 10.1. The van der Waals surface area contributed by atoms with Crippen molar-refractivity contribution in [1.29, 1.82) is 0 Å². The second kappa shape index (κ2) is 3.88. The van der Waals surface area contributed by atoms with Crippen molar-refractivity contribution in [1.82, 2.24) is 0 Å². The normalized spacial score (nSPS) is 28.8. The second-order valence-electron chi connectivity index (χ2n) is 2.65. The molecule has 0 radical (unpaired) electrons. The van der Waals surface area contributed by atoms with Crippen LogP contribution in [0.5, 0.6) is 0 Å². The number of aliphatic hydroxyl groups is 1. The van der Waals surface area contributed by atoms with Gasteiger partial charge >= 0.3 is 0 Å². The Hall–Kier alpha value is -0.150. The minimum atomic E-state index is -1.09. The molecule has 0 aromatic carbocycles. The Morgan fingerprint density at radius 2 is 2.50 bits per heavy atom. The van der Waals surface area contributed by atoms with Gasteiger partial charge < -0.3 is 9.84 Å². The van der Waals surface area contributed by atoms with Crippen LogP contribution in [-0.2, 0) is 4.74 Å². The fraction of sp³-hybridized carbons (Fsp3) is 1.00. The van der Waals surface area contributed by atoms with E-state index in [1.807, 2.05) is 0 Å². The van der Waals surface area contributed by atoms with Gasteiger partial charge in [-0.3, -0.25) is 0 Å². The quantitative estimate of drug-likeness (QED) is 0.644. The van der Waals surface area contributed by atoms with Crippen molar-refractivity contribution in [3.05, 3.63) is 0 Å². The number of aliphatic hydroxyl groups excluding tert-OH is 1. The van der Waals surface area contributed by atoms with Gasteiger partial charge in [-0.1, -0.05) is 0 Å². The molecular formula is C7H13FO2. The molecule has 1 N–H and O–H groups in total. The van der Waals surface area contributed by atoms with Crippen LogP contribution in [0.3, 0.4) is 0 Å². The van der Waals surface area contributed by atoms with E-state index >= 15 is 0 Å². The number of hydrogen-bond donors (Lipinski definition) is 1. The predicted octanol–water partition coefficient (Wildman–Crippen LogP) is 0.886. The molecule has 3 heteroatoms. The first-order chi connectivity index (χ1) is 4.83. The molecule has 1 heterocycles. The molecule has 10 heavy (non-hydrogen) atoms. The molecule has 60 valence electrons. The van der Waals surface area contributed by atoms with Gasteiger partial charge in [-0.05, 0) is 12.8 Å². The monoisotopic (exact) mass is 148 g/mol. The second-order valence-corrected chi connectivity index (χ2v) is 2.65. The molecular weight excluding hydrogens is 135 g/mol. The molecule has 0 unspecified atom stereocenters. The Balaban J connectivity index is 2.11. The zero-order chi connectivity index (χ0) is 7.40. The molecule has 0 aliphatic carbocycles. The molecule has 1 rings (SSSR count). The van der Waals surface area contributed by atoms with Crippen molar-refractivity contribution < 1.29 is 14.2 Å². The number of hydrogen-bond acceptors (Lipinski definition) is 2. The minimum Gasteiger partial charge on any atom is -0.393 e. The summed E-state index contributed by atoms with van der Waals surface area (Å²) in [5.41, 5.74) is 0. The molecule has 1 saturated heterocycles. The summed E-state index contributed by atoms with van der Waals surface area (Å²) in [4.78, 5) is 0. The molecule has 1 aliphatic rings. The van der Waals surface area contributed by atoms with E-state index in [1.165, 1.54) is 0 Å². The molecule has 0 amide bonds. The highest BCUT2D eigenvalue weighted by Gasteiger charge is 2.19. The summed E-state index contributed by atoms with van der Waals surface area (Å²) in [5, 5.41) is 8.36. The highest BCUT2D eigenvalue weighted by Crippen LogP contribution is 2.17. The number of halogens is 1. The minimum absolute atomic E-state index is 0.0575. The van der Waals surface area contributed by atoms with Crippen LogP contribution in [0.1, 0.15) is 19.3 Å². The van der Waals surface area contributed by atoms with Crippen LogP contribution in [0.25, 0.3) is 0 Å². The third-order valence-electron chi connectivity index (χ3n) is 1.74. The van der Waals surface area contributed by atoms with Crippen molar-refractivity contribution in [2.75, 3.05) is 13.2 Å². The van der Waals surface area contributed by atoms with E-state index in [4.69, 9.17) is 9.84 Å². The Labute approximate surface area is 60.0 Å². The number of rotatable bonds is 3. The molecule has 2 atom stereocenters. The SMILES string of the molecule is OC[C@H](F)C[C@@H]1CCCO1. The fourth-order valence-corrected chi connectivity index (χ4v) is 1.19. The number of ether oxygens (including phenoxy) is 1. The highest BCUT2D eigenvalue weighted by molar-refractivity contribution is 4.68. The van der Waals surface area contributed by atoms with Gasteiger partial charge in [-0.2, -0.15) is 0 Å². The van der Waals surface area contributed by atoms with Crippen molar-refractivity contribution in [2.24, 2.45) is 0 Å². The number of alkyl halides is 1. The summed E-state index contributed by atoms with van der Waals surface area (Å²) in [7, 11) is 0. The van der Waals surface area contributed by atoms with E-state index < -0.39 is 6.17 Å². The summed E-state index contributed by atoms with van der Waals surface area (Å²) in [6.07, 6.45) is 1.30. The van der Waals surface area contributed by atoms with Crippen molar-refractivity contribution in [2.45, 2.75) is 31.5 Å². The molecule has 1 fully saturated rings. The van der Waals surface area contributed by atoms with Gasteiger partial charge in [0.2, 0.25) is 0 Å². The highest BCUT2D eigenvalue weighted by atomic mass is 19.1. The van der Waals surface area contributed by atoms with E-state index in [1.54, 1.807) is 0 Å². The van der Waals surface area contributed by atoms with Crippen molar-refractivity contribution in [3.8, 4) is 0 Å². The average Bonchev–Trinajstić information content (AvgIpc) is 2.40. The summed E-state index contributed by atoms with van der Waals surface area (Å²) < 4.78 is 17.6. The standard InChI is InChI=1S/C7H13FO2/c8-6(5-9)4-7-2-1-3-10-7/h6-7,9H,1-5H2/t6-,7+/m1/s1. The third-order valence-corrected chi connectivity index (χ3v) is 1.74. The molecule has 0 aromatic rings. The topological polar surface area (TPSA) is 29.5 Å². The van der Waals surface area contributed by atoms with Gasteiger partial charge in [0.25, 0.3) is 0 Å². The Morgan fingerprint density at radius 1 is 1.70 bits per heavy atom. The lowest BCUT2D eigenvalue weighted by Crippen LogP contribution is -2.16. The first kappa shape index (κ1) is 7.95. The van der Waals surface area contributed by atoms with Gasteiger partial charge in [0.05, 0.1) is 12.7 Å². The Kier molecular flexibility index (Phi) is 3.09. The van der Waals surface area contributed by atoms with Crippen LogP contribution in [-0.4, -0.2) is 30.6 Å². The van der Waals surface area contributed by atoms with Crippen molar-refractivity contribution in [3.63, 3.8) is 0 Å². The van der Waals surface area contributed by atoms with Crippen LogP contribution in [0.2, 0.25) is 0 Å². The molecule has 0 saturated carbocycles.